The molecule has 0 saturated carbocycles. The summed E-state index contributed by atoms with van der Waals surface area (Å²) in [5.74, 6) is 0. The molecular weight excluding hydrogens is 210 g/mol. The van der Waals surface area contributed by atoms with Crippen LogP contribution in [-0.2, 0) is 12.0 Å². The van der Waals surface area contributed by atoms with Crippen molar-refractivity contribution < 1.29 is 5.11 Å². The number of hydrogen-bond acceptors (Lipinski definition) is 2. The monoisotopic (exact) mass is 229 g/mol. The second-order valence-electron chi connectivity index (χ2n) is 5.04. The highest BCUT2D eigenvalue weighted by molar-refractivity contribution is 5.86. The molecule has 1 aromatic heterocycles. The lowest BCUT2D eigenvalue weighted by Crippen LogP contribution is -2.16. The standard InChI is InChI=1S/C15H19NO/c1-5-11-7-6-8-12-13(15(3,4)17)9-10(2)16-14(11)12/h6-9,17H,5H2,1-4H3. The lowest BCUT2D eigenvalue weighted by atomic mass is 9.92. The SMILES string of the molecule is CCc1cccc2c(C(C)(C)O)cc(C)nc12. The summed E-state index contributed by atoms with van der Waals surface area (Å²) >= 11 is 0. The number of fused-ring (bicyclic) bond motifs is 1. The van der Waals surface area contributed by atoms with Gasteiger partial charge in [-0.2, -0.15) is 0 Å². The fourth-order valence-corrected chi connectivity index (χ4v) is 2.23. The topological polar surface area (TPSA) is 33.1 Å². The van der Waals surface area contributed by atoms with Crippen LogP contribution in [0.15, 0.2) is 24.3 Å². The molecule has 1 aromatic carbocycles. The molecule has 0 spiro atoms. The third-order valence-corrected chi connectivity index (χ3v) is 3.09. The lowest BCUT2D eigenvalue weighted by molar-refractivity contribution is 0.0800. The van der Waals surface area contributed by atoms with E-state index in [9.17, 15) is 5.11 Å². The smallest absolute Gasteiger partial charge is 0.0847 e. The van der Waals surface area contributed by atoms with Crippen molar-refractivity contribution in [1.29, 1.82) is 0 Å². The van der Waals surface area contributed by atoms with Gasteiger partial charge >= 0.3 is 0 Å². The van der Waals surface area contributed by atoms with E-state index in [0.29, 0.717) is 0 Å². The molecule has 0 fully saturated rings. The van der Waals surface area contributed by atoms with E-state index < -0.39 is 5.60 Å². The molecule has 2 nitrogen and oxygen atoms in total. The second-order valence-corrected chi connectivity index (χ2v) is 5.04. The number of benzene rings is 1. The van der Waals surface area contributed by atoms with Crippen LogP contribution in [0.4, 0.5) is 0 Å². The molecule has 0 aliphatic heterocycles. The van der Waals surface area contributed by atoms with Crippen LogP contribution in [0.3, 0.4) is 0 Å². The number of aryl methyl sites for hydroxylation is 2. The molecule has 2 aromatic rings. The van der Waals surface area contributed by atoms with Gasteiger partial charge in [0.15, 0.2) is 0 Å². The molecule has 17 heavy (non-hydrogen) atoms. The largest absolute Gasteiger partial charge is 0.386 e. The predicted octanol–water partition coefficient (Wildman–Crippen LogP) is 3.33. The summed E-state index contributed by atoms with van der Waals surface area (Å²) in [7, 11) is 0. The molecule has 0 aliphatic carbocycles. The Morgan fingerprint density at radius 2 is 2.00 bits per heavy atom. The Balaban J connectivity index is 2.86. The molecule has 0 bridgehead atoms. The van der Waals surface area contributed by atoms with Gasteiger partial charge in [-0.05, 0) is 44.4 Å². The van der Waals surface area contributed by atoms with Gasteiger partial charge in [-0.15, -0.1) is 0 Å². The molecule has 2 rings (SSSR count). The van der Waals surface area contributed by atoms with Crippen LogP contribution < -0.4 is 0 Å². The summed E-state index contributed by atoms with van der Waals surface area (Å²) < 4.78 is 0. The van der Waals surface area contributed by atoms with Gasteiger partial charge in [0.25, 0.3) is 0 Å². The Labute approximate surface area is 102 Å². The van der Waals surface area contributed by atoms with Crippen molar-refractivity contribution >= 4 is 10.9 Å². The van der Waals surface area contributed by atoms with E-state index in [1.165, 1.54) is 5.56 Å². The zero-order valence-electron chi connectivity index (χ0n) is 10.9. The summed E-state index contributed by atoms with van der Waals surface area (Å²) in [5.41, 5.74) is 3.33. The molecule has 90 valence electrons. The number of pyridine rings is 1. The zero-order valence-corrected chi connectivity index (χ0v) is 10.9. The van der Waals surface area contributed by atoms with E-state index in [1.54, 1.807) is 0 Å². The average Bonchev–Trinajstić information content (AvgIpc) is 2.26. The molecule has 1 heterocycles. The van der Waals surface area contributed by atoms with Crippen molar-refractivity contribution in [2.75, 3.05) is 0 Å². The summed E-state index contributed by atoms with van der Waals surface area (Å²) in [6.07, 6.45) is 0.957. The molecule has 1 N–H and O–H groups in total. The van der Waals surface area contributed by atoms with Crippen molar-refractivity contribution in [1.82, 2.24) is 4.98 Å². The first-order valence-electron chi connectivity index (χ1n) is 6.05. The molecule has 0 amide bonds. The van der Waals surface area contributed by atoms with E-state index in [-0.39, 0.29) is 0 Å². The van der Waals surface area contributed by atoms with Gasteiger partial charge in [-0.3, -0.25) is 4.98 Å². The summed E-state index contributed by atoms with van der Waals surface area (Å²) in [6, 6.07) is 8.15. The highest BCUT2D eigenvalue weighted by Gasteiger charge is 2.20. The van der Waals surface area contributed by atoms with Gasteiger partial charge in [0.1, 0.15) is 0 Å². The lowest BCUT2D eigenvalue weighted by Gasteiger charge is -2.21. The quantitative estimate of drug-likeness (QED) is 0.856. The minimum absolute atomic E-state index is 0.835. The van der Waals surface area contributed by atoms with E-state index in [1.807, 2.05) is 39.0 Å². The molecular formula is C15H19NO. The van der Waals surface area contributed by atoms with Crippen molar-refractivity contribution in [3.63, 3.8) is 0 Å². The van der Waals surface area contributed by atoms with Crippen LogP contribution in [0.2, 0.25) is 0 Å². The minimum Gasteiger partial charge on any atom is -0.386 e. The van der Waals surface area contributed by atoms with Crippen molar-refractivity contribution in [3.05, 3.63) is 41.1 Å². The molecule has 0 aliphatic rings. The number of rotatable bonds is 2. The number of nitrogens with zero attached hydrogens (tertiary/aromatic N) is 1. The van der Waals surface area contributed by atoms with Crippen LogP contribution in [0.5, 0.6) is 0 Å². The fourth-order valence-electron chi connectivity index (χ4n) is 2.23. The van der Waals surface area contributed by atoms with E-state index in [2.05, 4.69) is 18.0 Å². The molecule has 0 radical (unpaired) electrons. The Bertz CT molecular complexity index is 553. The minimum atomic E-state index is -0.835. The number of aliphatic hydroxyl groups is 1. The van der Waals surface area contributed by atoms with Crippen LogP contribution in [0.1, 0.15) is 37.6 Å². The van der Waals surface area contributed by atoms with Gasteiger partial charge in [0.05, 0.1) is 11.1 Å². The van der Waals surface area contributed by atoms with Crippen molar-refractivity contribution in [3.8, 4) is 0 Å². The average molecular weight is 229 g/mol. The normalized spacial score (nSPS) is 12.1. The third kappa shape index (κ3) is 2.18. The van der Waals surface area contributed by atoms with Gasteiger partial charge in [0, 0.05) is 11.1 Å². The number of aromatic nitrogens is 1. The molecule has 0 saturated heterocycles. The van der Waals surface area contributed by atoms with E-state index in [0.717, 1.165) is 28.6 Å². The summed E-state index contributed by atoms with van der Waals surface area (Å²) in [5, 5.41) is 11.3. The highest BCUT2D eigenvalue weighted by atomic mass is 16.3. The first-order chi connectivity index (χ1) is 7.93. The first-order valence-corrected chi connectivity index (χ1v) is 6.05. The second kappa shape index (κ2) is 4.11. The van der Waals surface area contributed by atoms with E-state index >= 15 is 0 Å². The summed E-state index contributed by atoms with van der Waals surface area (Å²) in [6.45, 7) is 7.74. The first kappa shape index (κ1) is 12.1. The third-order valence-electron chi connectivity index (χ3n) is 3.09. The van der Waals surface area contributed by atoms with Gasteiger partial charge in [0.2, 0.25) is 0 Å². The predicted molar refractivity (Wildman–Crippen MR) is 71.1 cm³/mol. The number of para-hydroxylation sites is 1. The Kier molecular flexibility index (Phi) is 2.92. The Hall–Kier alpha value is -1.41. The maximum absolute atomic E-state index is 10.2. The van der Waals surface area contributed by atoms with Gasteiger partial charge in [-0.25, -0.2) is 0 Å². The van der Waals surface area contributed by atoms with Crippen LogP contribution >= 0.6 is 0 Å². The van der Waals surface area contributed by atoms with Crippen LogP contribution in [-0.4, -0.2) is 10.1 Å². The fraction of sp³-hybridized carbons (Fsp3) is 0.400. The molecule has 2 heteroatoms. The Morgan fingerprint density at radius 3 is 2.59 bits per heavy atom. The Morgan fingerprint density at radius 1 is 1.29 bits per heavy atom. The maximum Gasteiger partial charge on any atom is 0.0847 e. The van der Waals surface area contributed by atoms with Gasteiger partial charge in [-0.1, -0.05) is 25.1 Å². The van der Waals surface area contributed by atoms with Gasteiger partial charge < -0.3 is 5.11 Å². The number of hydrogen-bond donors (Lipinski definition) is 1. The highest BCUT2D eigenvalue weighted by Crippen LogP contribution is 2.29. The maximum atomic E-state index is 10.2. The summed E-state index contributed by atoms with van der Waals surface area (Å²) in [4.78, 5) is 4.61. The van der Waals surface area contributed by atoms with Crippen LogP contribution in [0.25, 0.3) is 10.9 Å². The van der Waals surface area contributed by atoms with Crippen molar-refractivity contribution in [2.45, 2.75) is 39.7 Å². The van der Waals surface area contributed by atoms with Crippen molar-refractivity contribution in [2.24, 2.45) is 0 Å². The zero-order chi connectivity index (χ0) is 12.6. The van der Waals surface area contributed by atoms with E-state index in [4.69, 9.17) is 0 Å². The van der Waals surface area contributed by atoms with Crippen LogP contribution in [0, 0.1) is 6.92 Å². The molecule has 0 unspecified atom stereocenters. The molecule has 0 atom stereocenters.